The van der Waals surface area contributed by atoms with E-state index in [2.05, 4.69) is 15.3 Å². The molecule has 0 atom stereocenters. The van der Waals surface area contributed by atoms with Crippen LogP contribution in [0.25, 0.3) is 0 Å². The fraction of sp³-hybridized carbons (Fsp3) is 0. The largest absolute Gasteiger partial charge is 0.331 e. The summed E-state index contributed by atoms with van der Waals surface area (Å²) >= 11 is 0. The predicted octanol–water partition coefficient (Wildman–Crippen LogP) is 1.50. The average molecular weight is 206 g/mol. The summed E-state index contributed by atoms with van der Waals surface area (Å²) in [6, 6.07) is 2.22. The summed E-state index contributed by atoms with van der Waals surface area (Å²) in [5, 5.41) is 2.53. The van der Waals surface area contributed by atoms with Gasteiger partial charge < -0.3 is 5.32 Å². The number of aromatic nitrogens is 3. The number of rotatable bonds is 1. The summed E-state index contributed by atoms with van der Waals surface area (Å²) in [5.74, 6) is -0.587. The molecule has 0 saturated heterocycles. The van der Waals surface area contributed by atoms with Gasteiger partial charge in [-0.2, -0.15) is 4.39 Å². The molecule has 0 unspecified atom stereocenters. The van der Waals surface area contributed by atoms with Crippen molar-refractivity contribution in [3.8, 4) is 0 Å². The van der Waals surface area contributed by atoms with Crippen LogP contribution in [0.15, 0.2) is 37.1 Å². The van der Waals surface area contributed by atoms with Gasteiger partial charge in [-0.05, 0) is 12.1 Å². The Bertz CT molecular complexity index is 451. The van der Waals surface area contributed by atoms with E-state index >= 15 is 0 Å². The van der Waals surface area contributed by atoms with Gasteiger partial charge in [-0.1, -0.05) is 0 Å². The van der Waals surface area contributed by atoms with Crippen molar-refractivity contribution in [1.29, 1.82) is 0 Å². The second-order valence-corrected chi connectivity index (χ2v) is 2.77. The smallest absolute Gasteiger partial charge is 0.306 e. The number of hydrogen-bond donors (Lipinski definition) is 1. The number of pyridine rings is 1. The maximum atomic E-state index is 12.5. The van der Waals surface area contributed by atoms with Gasteiger partial charge in [-0.15, -0.1) is 0 Å². The number of imidazole rings is 1. The molecule has 1 N–H and O–H groups in total. The molecule has 0 aliphatic heterocycles. The van der Waals surface area contributed by atoms with Crippen molar-refractivity contribution in [1.82, 2.24) is 14.5 Å². The SMILES string of the molecule is O=C(Nc1ccc(F)nc1)n1ccnc1. The summed E-state index contributed by atoms with van der Waals surface area (Å²) in [6.07, 6.45) is 5.60. The third-order valence-electron chi connectivity index (χ3n) is 1.72. The zero-order chi connectivity index (χ0) is 10.7. The Morgan fingerprint density at radius 3 is 2.93 bits per heavy atom. The Labute approximate surface area is 84.6 Å². The van der Waals surface area contributed by atoms with E-state index in [1.54, 1.807) is 0 Å². The molecule has 6 heteroatoms. The van der Waals surface area contributed by atoms with Crippen molar-refractivity contribution in [3.63, 3.8) is 0 Å². The molecule has 0 aliphatic rings. The zero-order valence-corrected chi connectivity index (χ0v) is 7.59. The van der Waals surface area contributed by atoms with Gasteiger partial charge in [0.25, 0.3) is 0 Å². The van der Waals surface area contributed by atoms with Crippen molar-refractivity contribution >= 4 is 11.7 Å². The second-order valence-electron chi connectivity index (χ2n) is 2.77. The van der Waals surface area contributed by atoms with E-state index in [0.29, 0.717) is 5.69 Å². The van der Waals surface area contributed by atoms with Crippen LogP contribution in [0.4, 0.5) is 14.9 Å². The topological polar surface area (TPSA) is 59.8 Å². The molecule has 0 aromatic carbocycles. The van der Waals surface area contributed by atoms with Crippen molar-refractivity contribution in [3.05, 3.63) is 43.0 Å². The first-order chi connectivity index (χ1) is 7.25. The van der Waals surface area contributed by atoms with Crippen molar-refractivity contribution in [2.24, 2.45) is 0 Å². The monoisotopic (exact) mass is 206 g/mol. The first-order valence-corrected chi connectivity index (χ1v) is 4.16. The molecular weight excluding hydrogens is 199 g/mol. The second kappa shape index (κ2) is 3.87. The highest BCUT2D eigenvalue weighted by Crippen LogP contribution is 2.05. The van der Waals surface area contributed by atoms with Crippen molar-refractivity contribution in [2.75, 3.05) is 5.32 Å². The van der Waals surface area contributed by atoms with E-state index in [1.807, 2.05) is 0 Å². The number of nitrogens with zero attached hydrogens (tertiary/aromatic N) is 3. The normalized spacial score (nSPS) is 9.93. The predicted molar refractivity (Wildman–Crippen MR) is 50.8 cm³/mol. The van der Waals surface area contributed by atoms with Crippen LogP contribution in [0.1, 0.15) is 0 Å². The van der Waals surface area contributed by atoms with Gasteiger partial charge in [0, 0.05) is 12.4 Å². The average Bonchev–Trinajstić information content (AvgIpc) is 2.74. The van der Waals surface area contributed by atoms with E-state index in [1.165, 1.54) is 41.6 Å². The number of halogens is 1. The molecule has 0 bridgehead atoms. The summed E-state index contributed by atoms with van der Waals surface area (Å²) < 4.78 is 13.7. The van der Waals surface area contributed by atoms with E-state index in [-0.39, 0.29) is 6.03 Å². The number of hydrogen-bond acceptors (Lipinski definition) is 3. The molecule has 2 rings (SSSR count). The maximum absolute atomic E-state index is 12.5. The number of carbonyl (C=O) groups is 1. The number of anilines is 1. The highest BCUT2D eigenvalue weighted by Gasteiger charge is 2.03. The minimum Gasteiger partial charge on any atom is -0.306 e. The molecule has 2 aromatic heterocycles. The molecule has 5 nitrogen and oxygen atoms in total. The summed E-state index contributed by atoms with van der Waals surface area (Å²) in [5.41, 5.74) is 0.426. The van der Waals surface area contributed by atoms with Gasteiger partial charge in [0.05, 0.1) is 11.9 Å². The van der Waals surface area contributed by atoms with E-state index in [0.717, 1.165) is 0 Å². The van der Waals surface area contributed by atoms with Crippen LogP contribution in [0.3, 0.4) is 0 Å². The lowest BCUT2D eigenvalue weighted by Crippen LogP contribution is -2.17. The van der Waals surface area contributed by atoms with E-state index < -0.39 is 5.95 Å². The van der Waals surface area contributed by atoms with Crippen LogP contribution < -0.4 is 5.32 Å². The Morgan fingerprint density at radius 2 is 2.33 bits per heavy atom. The molecule has 15 heavy (non-hydrogen) atoms. The minimum absolute atomic E-state index is 0.374. The molecule has 2 heterocycles. The fourth-order valence-electron chi connectivity index (χ4n) is 1.02. The lowest BCUT2D eigenvalue weighted by atomic mass is 10.4. The molecule has 0 saturated carbocycles. The highest BCUT2D eigenvalue weighted by molar-refractivity contribution is 5.90. The standard InChI is InChI=1S/C9H7FN4O/c10-8-2-1-7(5-12-8)13-9(15)14-4-3-11-6-14/h1-6H,(H,13,15). The van der Waals surface area contributed by atoms with Crippen LogP contribution in [0.5, 0.6) is 0 Å². The highest BCUT2D eigenvalue weighted by atomic mass is 19.1. The first-order valence-electron chi connectivity index (χ1n) is 4.16. The number of nitrogens with one attached hydrogen (secondary N) is 1. The summed E-state index contributed by atoms with van der Waals surface area (Å²) in [4.78, 5) is 18.6. The Morgan fingerprint density at radius 1 is 1.47 bits per heavy atom. The lowest BCUT2D eigenvalue weighted by molar-refractivity contribution is 0.253. The molecule has 2 aromatic rings. The van der Waals surface area contributed by atoms with Gasteiger partial charge in [0.15, 0.2) is 0 Å². The zero-order valence-electron chi connectivity index (χ0n) is 7.59. The van der Waals surface area contributed by atoms with E-state index in [9.17, 15) is 9.18 Å². The van der Waals surface area contributed by atoms with Crippen LogP contribution in [-0.2, 0) is 0 Å². The Kier molecular flexibility index (Phi) is 2.40. The van der Waals surface area contributed by atoms with Gasteiger partial charge in [0.2, 0.25) is 5.95 Å². The molecular formula is C9H7FN4O. The van der Waals surface area contributed by atoms with Gasteiger partial charge in [0.1, 0.15) is 6.33 Å². The first kappa shape index (κ1) is 9.32. The van der Waals surface area contributed by atoms with Gasteiger partial charge >= 0.3 is 6.03 Å². The molecule has 1 amide bonds. The van der Waals surface area contributed by atoms with Gasteiger partial charge in [-0.25, -0.2) is 14.8 Å². The van der Waals surface area contributed by atoms with Crippen LogP contribution >= 0.6 is 0 Å². The quantitative estimate of drug-likeness (QED) is 0.719. The summed E-state index contributed by atoms with van der Waals surface area (Å²) in [7, 11) is 0. The lowest BCUT2D eigenvalue weighted by Gasteiger charge is -2.03. The number of amides is 1. The minimum atomic E-state index is -0.587. The molecule has 0 radical (unpaired) electrons. The van der Waals surface area contributed by atoms with Crippen molar-refractivity contribution < 1.29 is 9.18 Å². The molecule has 76 valence electrons. The molecule has 0 aliphatic carbocycles. The van der Waals surface area contributed by atoms with Crippen molar-refractivity contribution in [2.45, 2.75) is 0 Å². The van der Waals surface area contributed by atoms with Gasteiger partial charge in [-0.3, -0.25) is 4.57 Å². The van der Waals surface area contributed by atoms with Crippen LogP contribution in [-0.4, -0.2) is 20.6 Å². The van der Waals surface area contributed by atoms with Crippen LogP contribution in [0, 0.1) is 5.95 Å². The van der Waals surface area contributed by atoms with Crippen LogP contribution in [0.2, 0.25) is 0 Å². The van der Waals surface area contributed by atoms with E-state index in [4.69, 9.17) is 0 Å². The fourth-order valence-corrected chi connectivity index (χ4v) is 1.02. The molecule has 0 spiro atoms. The molecule has 0 fully saturated rings. The Hall–Kier alpha value is -2.24. The number of carbonyl (C=O) groups excluding carboxylic acids is 1. The maximum Gasteiger partial charge on any atom is 0.331 e. The third-order valence-corrected chi connectivity index (χ3v) is 1.72. The third kappa shape index (κ3) is 2.16. The summed E-state index contributed by atoms with van der Waals surface area (Å²) in [6.45, 7) is 0. The Balaban J connectivity index is 2.09.